The third-order valence-corrected chi connectivity index (χ3v) is 5.79. The standard InChI is InChI=1S/C24H31N3O5S/c1-26(2)19-11-9-18(10-12-19)15-27(3)23(29)16-32-24(30)20-7-5-6-8-21(20)33-17-22(28)25-13-14-31-4/h5-12H,13-17H2,1-4H3,(H,25,28). The zero-order valence-corrected chi connectivity index (χ0v) is 20.3. The number of nitrogens with zero attached hydrogens (tertiary/aromatic N) is 2. The average molecular weight is 474 g/mol. The van der Waals surface area contributed by atoms with Gasteiger partial charge in [-0.3, -0.25) is 9.59 Å². The monoisotopic (exact) mass is 473 g/mol. The van der Waals surface area contributed by atoms with Crippen LogP contribution in [0.15, 0.2) is 53.4 Å². The van der Waals surface area contributed by atoms with Crippen LogP contribution < -0.4 is 10.2 Å². The number of ether oxygens (including phenoxy) is 2. The summed E-state index contributed by atoms with van der Waals surface area (Å²) in [5.74, 6) is -0.907. The Morgan fingerprint density at radius 3 is 2.36 bits per heavy atom. The highest BCUT2D eigenvalue weighted by Crippen LogP contribution is 2.23. The number of likely N-dealkylation sites (N-methyl/N-ethyl adjacent to an activating group) is 1. The van der Waals surface area contributed by atoms with E-state index in [0.29, 0.717) is 30.2 Å². The van der Waals surface area contributed by atoms with Crippen LogP contribution in [0.2, 0.25) is 0 Å². The van der Waals surface area contributed by atoms with Gasteiger partial charge in [0.05, 0.1) is 17.9 Å². The Labute approximate surface area is 199 Å². The molecule has 0 saturated heterocycles. The van der Waals surface area contributed by atoms with Crippen molar-refractivity contribution in [2.24, 2.45) is 0 Å². The third kappa shape index (κ3) is 8.78. The van der Waals surface area contributed by atoms with Gasteiger partial charge in [-0.2, -0.15) is 0 Å². The highest BCUT2D eigenvalue weighted by molar-refractivity contribution is 8.00. The summed E-state index contributed by atoms with van der Waals surface area (Å²) in [5.41, 5.74) is 2.38. The number of amides is 2. The van der Waals surface area contributed by atoms with E-state index in [1.807, 2.05) is 43.3 Å². The maximum atomic E-state index is 12.6. The molecule has 33 heavy (non-hydrogen) atoms. The van der Waals surface area contributed by atoms with Gasteiger partial charge in [-0.05, 0) is 29.8 Å². The van der Waals surface area contributed by atoms with Crippen LogP contribution in [-0.4, -0.2) is 76.4 Å². The molecule has 0 heterocycles. The number of anilines is 1. The van der Waals surface area contributed by atoms with Crippen molar-refractivity contribution in [3.8, 4) is 0 Å². The first-order valence-corrected chi connectivity index (χ1v) is 11.4. The number of nitrogens with one attached hydrogen (secondary N) is 1. The Balaban J connectivity index is 1.86. The maximum Gasteiger partial charge on any atom is 0.339 e. The van der Waals surface area contributed by atoms with Crippen molar-refractivity contribution in [2.45, 2.75) is 11.4 Å². The fourth-order valence-corrected chi connectivity index (χ4v) is 3.70. The zero-order valence-electron chi connectivity index (χ0n) is 19.5. The van der Waals surface area contributed by atoms with Crippen LogP contribution >= 0.6 is 11.8 Å². The summed E-state index contributed by atoms with van der Waals surface area (Å²) in [4.78, 5) is 41.1. The van der Waals surface area contributed by atoms with Gasteiger partial charge in [0.15, 0.2) is 6.61 Å². The summed E-state index contributed by atoms with van der Waals surface area (Å²) in [5, 5.41) is 2.73. The average Bonchev–Trinajstić information content (AvgIpc) is 2.81. The summed E-state index contributed by atoms with van der Waals surface area (Å²) in [6.45, 7) is 0.911. The van der Waals surface area contributed by atoms with Gasteiger partial charge in [-0.1, -0.05) is 24.3 Å². The lowest BCUT2D eigenvalue weighted by Gasteiger charge is -2.18. The second-order valence-corrected chi connectivity index (χ2v) is 8.53. The summed E-state index contributed by atoms with van der Waals surface area (Å²) in [6.07, 6.45) is 0. The van der Waals surface area contributed by atoms with Gasteiger partial charge >= 0.3 is 5.97 Å². The van der Waals surface area contributed by atoms with E-state index in [2.05, 4.69) is 5.32 Å². The van der Waals surface area contributed by atoms with E-state index in [1.165, 1.54) is 16.7 Å². The molecule has 0 atom stereocenters. The van der Waals surface area contributed by atoms with Crippen LogP contribution in [0.5, 0.6) is 0 Å². The summed E-state index contributed by atoms with van der Waals surface area (Å²) in [6, 6.07) is 14.8. The molecule has 2 aromatic carbocycles. The highest BCUT2D eigenvalue weighted by atomic mass is 32.2. The Kier molecular flexibility index (Phi) is 10.7. The largest absolute Gasteiger partial charge is 0.452 e. The molecule has 8 nitrogen and oxygen atoms in total. The van der Waals surface area contributed by atoms with Crippen molar-refractivity contribution in [3.05, 3.63) is 59.7 Å². The lowest BCUT2D eigenvalue weighted by Crippen LogP contribution is -2.31. The van der Waals surface area contributed by atoms with E-state index in [4.69, 9.17) is 9.47 Å². The van der Waals surface area contributed by atoms with Gasteiger partial charge in [0, 0.05) is 51.9 Å². The number of benzene rings is 2. The molecule has 0 fully saturated rings. The molecular formula is C24H31N3O5S. The molecule has 0 aromatic heterocycles. The summed E-state index contributed by atoms with van der Waals surface area (Å²) >= 11 is 1.23. The number of rotatable bonds is 12. The van der Waals surface area contributed by atoms with Crippen LogP contribution in [0, 0.1) is 0 Å². The summed E-state index contributed by atoms with van der Waals surface area (Å²) < 4.78 is 10.2. The molecule has 2 aromatic rings. The molecule has 0 aliphatic heterocycles. The van der Waals surface area contributed by atoms with E-state index in [-0.39, 0.29) is 24.2 Å². The van der Waals surface area contributed by atoms with Gasteiger partial charge in [0.25, 0.3) is 5.91 Å². The molecule has 0 unspecified atom stereocenters. The Morgan fingerprint density at radius 1 is 1.00 bits per heavy atom. The predicted octanol–water partition coefficient (Wildman–Crippen LogP) is 2.42. The number of hydrogen-bond acceptors (Lipinski definition) is 7. The Morgan fingerprint density at radius 2 is 1.70 bits per heavy atom. The number of esters is 1. The van der Waals surface area contributed by atoms with E-state index in [0.717, 1.165) is 11.3 Å². The van der Waals surface area contributed by atoms with Crippen molar-refractivity contribution in [1.82, 2.24) is 10.2 Å². The van der Waals surface area contributed by atoms with Crippen molar-refractivity contribution >= 4 is 35.2 Å². The Hall–Kier alpha value is -3.04. The smallest absolute Gasteiger partial charge is 0.339 e. The first-order valence-electron chi connectivity index (χ1n) is 10.5. The molecule has 0 spiro atoms. The second-order valence-electron chi connectivity index (χ2n) is 7.51. The SMILES string of the molecule is COCCNC(=O)CSc1ccccc1C(=O)OCC(=O)N(C)Cc1ccc(N(C)C)cc1. The molecule has 2 rings (SSSR count). The topological polar surface area (TPSA) is 88.2 Å². The lowest BCUT2D eigenvalue weighted by atomic mass is 10.2. The molecule has 178 valence electrons. The molecule has 0 bridgehead atoms. The maximum absolute atomic E-state index is 12.6. The van der Waals surface area contributed by atoms with E-state index >= 15 is 0 Å². The van der Waals surface area contributed by atoms with Crippen LogP contribution in [0.3, 0.4) is 0 Å². The van der Waals surface area contributed by atoms with Crippen LogP contribution in [0.25, 0.3) is 0 Å². The van der Waals surface area contributed by atoms with Gasteiger partial charge in [-0.15, -0.1) is 11.8 Å². The molecule has 0 radical (unpaired) electrons. The lowest BCUT2D eigenvalue weighted by molar-refractivity contribution is -0.133. The molecule has 0 saturated carbocycles. The molecule has 0 aliphatic rings. The van der Waals surface area contributed by atoms with E-state index in [9.17, 15) is 14.4 Å². The fraction of sp³-hybridized carbons (Fsp3) is 0.375. The van der Waals surface area contributed by atoms with E-state index < -0.39 is 5.97 Å². The normalized spacial score (nSPS) is 10.4. The highest BCUT2D eigenvalue weighted by Gasteiger charge is 2.17. The quantitative estimate of drug-likeness (QED) is 0.288. The fourth-order valence-electron chi connectivity index (χ4n) is 2.82. The molecule has 0 aliphatic carbocycles. The number of carbonyl (C=O) groups excluding carboxylic acids is 3. The van der Waals surface area contributed by atoms with Crippen LogP contribution in [0.1, 0.15) is 15.9 Å². The van der Waals surface area contributed by atoms with E-state index in [1.54, 1.807) is 38.4 Å². The predicted molar refractivity (Wildman–Crippen MR) is 130 cm³/mol. The van der Waals surface area contributed by atoms with Gasteiger partial charge in [0.1, 0.15) is 0 Å². The zero-order chi connectivity index (χ0) is 24.2. The number of methoxy groups -OCH3 is 1. The minimum atomic E-state index is -0.602. The minimum absolute atomic E-state index is 0.155. The summed E-state index contributed by atoms with van der Waals surface area (Å²) in [7, 11) is 7.16. The number of thioether (sulfide) groups is 1. The molecular weight excluding hydrogens is 442 g/mol. The molecule has 1 N–H and O–H groups in total. The molecule has 2 amide bonds. The first-order chi connectivity index (χ1) is 15.8. The van der Waals surface area contributed by atoms with Gasteiger partial charge < -0.3 is 24.6 Å². The number of carbonyl (C=O) groups is 3. The van der Waals surface area contributed by atoms with Gasteiger partial charge in [-0.25, -0.2) is 4.79 Å². The van der Waals surface area contributed by atoms with Crippen LogP contribution in [0.4, 0.5) is 5.69 Å². The van der Waals surface area contributed by atoms with Crippen molar-refractivity contribution < 1.29 is 23.9 Å². The Bertz CT molecular complexity index is 934. The third-order valence-electron chi connectivity index (χ3n) is 4.72. The van der Waals surface area contributed by atoms with Crippen molar-refractivity contribution in [3.63, 3.8) is 0 Å². The van der Waals surface area contributed by atoms with Crippen LogP contribution in [-0.2, 0) is 25.6 Å². The van der Waals surface area contributed by atoms with Gasteiger partial charge in [0.2, 0.25) is 5.91 Å². The van der Waals surface area contributed by atoms with Crippen molar-refractivity contribution in [1.29, 1.82) is 0 Å². The minimum Gasteiger partial charge on any atom is -0.452 e. The first kappa shape index (κ1) is 26.2. The van der Waals surface area contributed by atoms with Crippen molar-refractivity contribution in [2.75, 3.05) is 58.7 Å². The second kappa shape index (κ2) is 13.5. The molecule has 9 heteroatoms. The number of hydrogen-bond donors (Lipinski definition) is 1.